The molecule has 176 valence electrons. The Labute approximate surface area is 194 Å². The minimum atomic E-state index is -0.474. The maximum absolute atomic E-state index is 13.9. The average molecular weight is 466 g/mol. The van der Waals surface area contributed by atoms with Gasteiger partial charge in [-0.15, -0.1) is 0 Å². The van der Waals surface area contributed by atoms with Gasteiger partial charge in [-0.25, -0.2) is 18.6 Å². The summed E-state index contributed by atoms with van der Waals surface area (Å²) in [6, 6.07) is 9.11. The largest absolute Gasteiger partial charge is 0.481 e. The summed E-state index contributed by atoms with van der Waals surface area (Å²) < 4.78 is 33.0. The fourth-order valence-corrected chi connectivity index (χ4v) is 4.26. The minimum absolute atomic E-state index is 0.180. The Morgan fingerprint density at radius 3 is 2.74 bits per heavy atom. The maximum atomic E-state index is 13.9. The molecule has 3 aromatic heterocycles. The summed E-state index contributed by atoms with van der Waals surface area (Å²) in [6.07, 6.45) is 3.16. The summed E-state index contributed by atoms with van der Waals surface area (Å²) >= 11 is 0. The van der Waals surface area contributed by atoms with Gasteiger partial charge in [-0.05, 0) is 43.2 Å². The number of anilines is 1. The van der Waals surface area contributed by atoms with Gasteiger partial charge in [0.2, 0.25) is 5.88 Å². The highest BCUT2D eigenvalue weighted by Gasteiger charge is 2.23. The predicted molar refractivity (Wildman–Crippen MR) is 125 cm³/mol. The molecule has 0 saturated carbocycles. The molecule has 1 saturated heterocycles. The van der Waals surface area contributed by atoms with Crippen molar-refractivity contribution in [1.29, 1.82) is 0 Å². The zero-order chi connectivity index (χ0) is 23.7. The first kappa shape index (κ1) is 22.0. The number of amides is 2. The number of nitrogens with one attached hydrogen (secondary N) is 3. The first-order chi connectivity index (χ1) is 16.5. The number of methoxy groups -OCH3 is 1. The standard InChI is InChI=1S/C24H24F2N6O2/c1-34-21-5-4-19-23(31-21)20(6-9-27-19)30-24(33)32-10-7-14(8-11-32)28-13-15-12-16-17(25)2-3-18(26)22(16)29-15/h2-6,9,12,14,28-29H,7-8,10-11,13H2,1H3,(H,27,30,33). The van der Waals surface area contributed by atoms with E-state index in [1.165, 1.54) is 7.11 Å². The minimum Gasteiger partial charge on any atom is -0.481 e. The van der Waals surface area contributed by atoms with Crippen LogP contribution in [0.15, 0.2) is 42.6 Å². The van der Waals surface area contributed by atoms with Crippen LogP contribution in [-0.4, -0.2) is 52.1 Å². The summed E-state index contributed by atoms with van der Waals surface area (Å²) in [5.74, 6) is -0.477. The molecular formula is C24H24F2N6O2. The van der Waals surface area contributed by atoms with Crippen molar-refractivity contribution in [2.75, 3.05) is 25.5 Å². The molecule has 0 aliphatic carbocycles. The van der Waals surface area contributed by atoms with Crippen molar-refractivity contribution in [3.63, 3.8) is 0 Å². The van der Waals surface area contributed by atoms with Crippen molar-refractivity contribution in [2.24, 2.45) is 0 Å². The van der Waals surface area contributed by atoms with Gasteiger partial charge in [-0.2, -0.15) is 0 Å². The lowest BCUT2D eigenvalue weighted by atomic mass is 10.1. The van der Waals surface area contributed by atoms with Gasteiger partial charge in [0.15, 0.2) is 0 Å². The van der Waals surface area contributed by atoms with Crippen molar-refractivity contribution >= 4 is 33.7 Å². The molecule has 0 atom stereocenters. The number of hydrogen-bond donors (Lipinski definition) is 3. The normalized spacial score (nSPS) is 14.6. The summed E-state index contributed by atoms with van der Waals surface area (Å²) in [6.45, 7) is 1.62. The zero-order valence-corrected chi connectivity index (χ0v) is 18.6. The summed E-state index contributed by atoms with van der Waals surface area (Å²) in [5, 5.41) is 6.60. The highest BCUT2D eigenvalue weighted by Crippen LogP contribution is 2.24. The number of nitrogens with zero attached hydrogens (tertiary/aromatic N) is 3. The lowest BCUT2D eigenvalue weighted by molar-refractivity contribution is 0.188. The van der Waals surface area contributed by atoms with E-state index in [-0.39, 0.29) is 23.0 Å². The molecule has 1 aromatic carbocycles. The van der Waals surface area contributed by atoms with Gasteiger partial charge in [0.1, 0.15) is 17.2 Å². The zero-order valence-electron chi connectivity index (χ0n) is 18.6. The Hall–Kier alpha value is -3.79. The molecule has 1 aliphatic heterocycles. The summed E-state index contributed by atoms with van der Waals surface area (Å²) in [5.41, 5.74) is 2.70. The van der Waals surface area contributed by atoms with E-state index < -0.39 is 11.6 Å². The number of carbonyl (C=O) groups is 1. The number of ether oxygens (including phenoxy) is 1. The third kappa shape index (κ3) is 4.36. The molecule has 4 aromatic rings. The fourth-order valence-electron chi connectivity index (χ4n) is 4.26. The SMILES string of the molecule is COc1ccc2nccc(NC(=O)N3CCC(NCc4cc5c(F)ccc(F)c5[nH]4)CC3)c2n1. The number of pyridine rings is 2. The number of fused-ring (bicyclic) bond motifs is 2. The van der Waals surface area contributed by atoms with E-state index in [9.17, 15) is 13.6 Å². The molecule has 0 radical (unpaired) electrons. The van der Waals surface area contributed by atoms with Gasteiger partial charge < -0.3 is 25.3 Å². The van der Waals surface area contributed by atoms with E-state index in [4.69, 9.17) is 4.74 Å². The number of H-pyrrole nitrogens is 1. The number of aromatic amines is 1. The van der Waals surface area contributed by atoms with Crippen LogP contribution in [0.4, 0.5) is 19.3 Å². The first-order valence-corrected chi connectivity index (χ1v) is 11.1. The summed E-state index contributed by atoms with van der Waals surface area (Å²) in [7, 11) is 1.54. The number of rotatable bonds is 5. The molecule has 0 bridgehead atoms. The van der Waals surface area contributed by atoms with Crippen molar-refractivity contribution in [3.05, 3.63) is 59.9 Å². The van der Waals surface area contributed by atoms with Crippen molar-refractivity contribution in [2.45, 2.75) is 25.4 Å². The highest BCUT2D eigenvalue weighted by atomic mass is 19.1. The van der Waals surface area contributed by atoms with E-state index in [1.807, 2.05) is 0 Å². The predicted octanol–water partition coefficient (Wildman–Crippen LogP) is 4.18. The van der Waals surface area contributed by atoms with Crippen molar-refractivity contribution in [3.8, 4) is 5.88 Å². The Morgan fingerprint density at radius 1 is 1.18 bits per heavy atom. The van der Waals surface area contributed by atoms with Gasteiger partial charge in [0, 0.05) is 49.0 Å². The molecule has 1 fully saturated rings. The number of benzene rings is 1. The quantitative estimate of drug-likeness (QED) is 0.410. The van der Waals surface area contributed by atoms with Crippen LogP contribution in [-0.2, 0) is 6.54 Å². The smallest absolute Gasteiger partial charge is 0.321 e. The topological polar surface area (TPSA) is 95.2 Å². The number of piperidine rings is 1. The number of carbonyl (C=O) groups excluding carboxylic acids is 1. The number of likely N-dealkylation sites (tertiary alicyclic amines) is 1. The van der Waals surface area contributed by atoms with Crippen LogP contribution in [0, 0.1) is 11.6 Å². The molecule has 5 rings (SSSR count). The van der Waals surface area contributed by atoms with Crippen LogP contribution >= 0.6 is 0 Å². The average Bonchev–Trinajstić information content (AvgIpc) is 3.31. The highest BCUT2D eigenvalue weighted by molar-refractivity contribution is 5.98. The lowest BCUT2D eigenvalue weighted by Gasteiger charge is -2.32. The van der Waals surface area contributed by atoms with Crippen LogP contribution in [0.25, 0.3) is 21.9 Å². The van der Waals surface area contributed by atoms with E-state index in [0.717, 1.165) is 25.0 Å². The van der Waals surface area contributed by atoms with Gasteiger partial charge in [0.05, 0.1) is 23.8 Å². The van der Waals surface area contributed by atoms with Crippen molar-refractivity contribution < 1.29 is 18.3 Å². The van der Waals surface area contributed by atoms with Crippen LogP contribution in [0.5, 0.6) is 5.88 Å². The molecule has 3 N–H and O–H groups in total. The first-order valence-electron chi connectivity index (χ1n) is 11.1. The van der Waals surface area contributed by atoms with E-state index in [1.54, 1.807) is 35.4 Å². The molecule has 1 aliphatic rings. The van der Waals surface area contributed by atoms with Crippen molar-refractivity contribution in [1.82, 2.24) is 25.2 Å². The Kier molecular flexibility index (Phi) is 5.97. The number of urea groups is 1. The molecule has 4 heterocycles. The van der Waals surface area contributed by atoms with E-state index in [2.05, 4.69) is 25.6 Å². The second kappa shape index (κ2) is 9.22. The third-order valence-corrected chi connectivity index (χ3v) is 6.12. The van der Waals surface area contributed by atoms with Crippen LogP contribution in [0.2, 0.25) is 0 Å². The van der Waals surface area contributed by atoms with Gasteiger partial charge in [-0.3, -0.25) is 4.98 Å². The third-order valence-electron chi connectivity index (χ3n) is 6.12. The van der Waals surface area contributed by atoms with Gasteiger partial charge >= 0.3 is 6.03 Å². The molecule has 2 amide bonds. The number of halogens is 2. The van der Waals surface area contributed by atoms with Crippen LogP contribution in [0.1, 0.15) is 18.5 Å². The molecule has 8 nitrogen and oxygen atoms in total. The van der Waals surface area contributed by atoms with Gasteiger partial charge in [0.25, 0.3) is 0 Å². The van der Waals surface area contributed by atoms with E-state index in [0.29, 0.717) is 47.9 Å². The Morgan fingerprint density at radius 2 is 1.97 bits per heavy atom. The number of aromatic nitrogens is 3. The molecule has 10 heteroatoms. The fraction of sp³-hybridized carbons (Fsp3) is 0.292. The number of hydrogen-bond acceptors (Lipinski definition) is 5. The van der Waals surface area contributed by atoms with Gasteiger partial charge in [-0.1, -0.05) is 0 Å². The monoisotopic (exact) mass is 466 g/mol. The van der Waals surface area contributed by atoms with Crippen LogP contribution < -0.4 is 15.4 Å². The second-order valence-electron chi connectivity index (χ2n) is 8.26. The lowest BCUT2D eigenvalue weighted by Crippen LogP contribution is -2.46. The second-order valence-corrected chi connectivity index (χ2v) is 8.26. The molecule has 34 heavy (non-hydrogen) atoms. The molecular weight excluding hydrogens is 442 g/mol. The molecule has 0 spiro atoms. The van der Waals surface area contributed by atoms with E-state index >= 15 is 0 Å². The summed E-state index contributed by atoms with van der Waals surface area (Å²) in [4.78, 5) is 26.3. The maximum Gasteiger partial charge on any atom is 0.321 e. The van der Waals surface area contributed by atoms with Crippen LogP contribution in [0.3, 0.4) is 0 Å². The molecule has 0 unspecified atom stereocenters. The Balaban J connectivity index is 1.17. The Bertz CT molecular complexity index is 1310.